The normalized spacial score (nSPS) is 10.7. The average Bonchev–Trinajstić information content (AvgIpc) is 3.19. The number of rotatable bonds is 4. The summed E-state index contributed by atoms with van der Waals surface area (Å²) in [7, 11) is 1.52. The Hall–Kier alpha value is -3.49. The van der Waals surface area contributed by atoms with Crippen molar-refractivity contribution in [3.8, 4) is 17.2 Å². The van der Waals surface area contributed by atoms with Crippen molar-refractivity contribution in [1.29, 1.82) is 0 Å². The lowest BCUT2D eigenvalue weighted by atomic mass is 10.1. The Kier molecular flexibility index (Phi) is 5.83. The number of aromatic nitrogens is 2. The van der Waals surface area contributed by atoms with Crippen LogP contribution in [-0.4, -0.2) is 28.1 Å². The predicted molar refractivity (Wildman–Crippen MR) is 124 cm³/mol. The van der Waals surface area contributed by atoms with Crippen LogP contribution in [0.1, 0.15) is 15.9 Å². The summed E-state index contributed by atoms with van der Waals surface area (Å²) in [6.45, 7) is 1.86. The number of oxazole rings is 1. The van der Waals surface area contributed by atoms with Gasteiger partial charge >= 0.3 is 0 Å². The highest BCUT2D eigenvalue weighted by atomic mass is 35.5. The zero-order valence-corrected chi connectivity index (χ0v) is 18.2. The Labute approximate surface area is 188 Å². The molecule has 0 aliphatic carbocycles. The number of carbonyl (C=O) groups excluding carboxylic acids is 1. The lowest BCUT2D eigenvalue weighted by Crippen LogP contribution is -2.34. The van der Waals surface area contributed by atoms with E-state index in [1.54, 1.807) is 48.7 Å². The number of thiocarbonyl (C=S) groups is 1. The maximum Gasteiger partial charge on any atom is 0.261 e. The molecule has 9 heteroatoms. The molecule has 2 aromatic carbocycles. The second-order valence-electron chi connectivity index (χ2n) is 6.60. The van der Waals surface area contributed by atoms with E-state index in [1.165, 1.54) is 7.11 Å². The number of fused-ring (bicyclic) bond motifs is 1. The van der Waals surface area contributed by atoms with Gasteiger partial charge < -0.3 is 14.5 Å². The lowest BCUT2D eigenvalue weighted by Gasteiger charge is -2.14. The van der Waals surface area contributed by atoms with E-state index in [1.807, 2.05) is 13.0 Å². The summed E-state index contributed by atoms with van der Waals surface area (Å²) in [4.78, 5) is 21.2. The largest absolute Gasteiger partial charge is 0.496 e. The molecule has 2 aromatic heterocycles. The number of pyridine rings is 1. The third-order valence-corrected chi connectivity index (χ3v) is 5.05. The van der Waals surface area contributed by atoms with Crippen LogP contribution in [0.4, 0.5) is 5.69 Å². The monoisotopic (exact) mass is 452 g/mol. The van der Waals surface area contributed by atoms with Gasteiger partial charge in [-0.3, -0.25) is 10.1 Å². The Bertz CT molecular complexity index is 1270. The molecule has 4 rings (SSSR count). The molecule has 0 atom stereocenters. The summed E-state index contributed by atoms with van der Waals surface area (Å²) in [5.41, 5.74) is 3.49. The van der Waals surface area contributed by atoms with Gasteiger partial charge in [0.15, 0.2) is 16.3 Å². The van der Waals surface area contributed by atoms with Crippen LogP contribution in [0, 0.1) is 6.92 Å². The van der Waals surface area contributed by atoms with Crippen LogP contribution in [0.5, 0.6) is 5.75 Å². The van der Waals surface area contributed by atoms with Crippen LogP contribution in [0.3, 0.4) is 0 Å². The topological polar surface area (TPSA) is 89.3 Å². The molecule has 156 valence electrons. The molecule has 7 nitrogen and oxygen atoms in total. The number of para-hydroxylation sites is 1. The Morgan fingerprint density at radius 1 is 1.19 bits per heavy atom. The summed E-state index contributed by atoms with van der Waals surface area (Å²) < 4.78 is 11.1. The molecule has 1 amide bonds. The number of nitrogens with zero attached hydrogens (tertiary/aromatic N) is 2. The van der Waals surface area contributed by atoms with Gasteiger partial charge in [-0.2, -0.15) is 4.98 Å². The fraction of sp³-hybridized carbons (Fsp3) is 0.0909. The summed E-state index contributed by atoms with van der Waals surface area (Å²) >= 11 is 11.6. The molecular weight excluding hydrogens is 436 g/mol. The highest BCUT2D eigenvalue weighted by Crippen LogP contribution is 2.30. The lowest BCUT2D eigenvalue weighted by molar-refractivity contribution is 0.0974. The highest BCUT2D eigenvalue weighted by molar-refractivity contribution is 7.80. The number of ether oxygens (including phenoxy) is 1. The minimum Gasteiger partial charge on any atom is -0.496 e. The first-order chi connectivity index (χ1) is 15.0. The molecular formula is C22H17ClN4O3S. The van der Waals surface area contributed by atoms with Crippen LogP contribution in [0.2, 0.25) is 5.02 Å². The zero-order valence-electron chi connectivity index (χ0n) is 16.6. The van der Waals surface area contributed by atoms with E-state index in [2.05, 4.69) is 20.6 Å². The van der Waals surface area contributed by atoms with Gasteiger partial charge in [0.25, 0.3) is 5.91 Å². The molecule has 31 heavy (non-hydrogen) atoms. The van der Waals surface area contributed by atoms with E-state index in [0.29, 0.717) is 44.7 Å². The van der Waals surface area contributed by atoms with Gasteiger partial charge in [-0.15, -0.1) is 0 Å². The average molecular weight is 453 g/mol. The van der Waals surface area contributed by atoms with Crippen molar-refractivity contribution in [2.75, 3.05) is 12.4 Å². The summed E-state index contributed by atoms with van der Waals surface area (Å²) in [6, 6.07) is 14.1. The Balaban J connectivity index is 1.54. The predicted octanol–water partition coefficient (Wildman–Crippen LogP) is 4.99. The van der Waals surface area contributed by atoms with Gasteiger partial charge in [-0.05, 0) is 61.1 Å². The van der Waals surface area contributed by atoms with E-state index >= 15 is 0 Å². The van der Waals surface area contributed by atoms with Gasteiger partial charge in [-0.1, -0.05) is 23.7 Å². The smallest absolute Gasteiger partial charge is 0.261 e. The molecule has 0 spiro atoms. The number of hydrogen-bond acceptors (Lipinski definition) is 6. The molecule has 0 bridgehead atoms. The van der Waals surface area contributed by atoms with Gasteiger partial charge in [0.2, 0.25) is 5.89 Å². The van der Waals surface area contributed by atoms with Crippen molar-refractivity contribution in [3.63, 3.8) is 0 Å². The van der Waals surface area contributed by atoms with Crippen molar-refractivity contribution in [1.82, 2.24) is 15.3 Å². The first-order valence-corrected chi connectivity index (χ1v) is 10.0. The molecule has 0 radical (unpaired) electrons. The summed E-state index contributed by atoms with van der Waals surface area (Å²) in [6.07, 6.45) is 1.65. The van der Waals surface area contributed by atoms with Gasteiger partial charge in [-0.25, -0.2) is 4.98 Å². The van der Waals surface area contributed by atoms with E-state index in [0.717, 1.165) is 5.56 Å². The minimum atomic E-state index is -0.393. The van der Waals surface area contributed by atoms with Crippen LogP contribution < -0.4 is 15.4 Å². The molecule has 0 unspecified atom stereocenters. The Morgan fingerprint density at radius 3 is 2.81 bits per heavy atom. The number of amides is 1. The van der Waals surface area contributed by atoms with Crippen LogP contribution >= 0.6 is 23.8 Å². The summed E-state index contributed by atoms with van der Waals surface area (Å²) in [5, 5.41) is 6.11. The molecule has 0 aliphatic heterocycles. The Morgan fingerprint density at radius 2 is 2.03 bits per heavy atom. The zero-order chi connectivity index (χ0) is 22.0. The molecule has 0 saturated carbocycles. The number of anilines is 1. The van der Waals surface area contributed by atoms with Crippen molar-refractivity contribution >= 4 is 51.8 Å². The van der Waals surface area contributed by atoms with Crippen LogP contribution in [0.25, 0.3) is 22.7 Å². The number of benzene rings is 2. The summed E-state index contributed by atoms with van der Waals surface area (Å²) in [5.74, 6) is 0.496. The van der Waals surface area contributed by atoms with E-state index in [9.17, 15) is 4.79 Å². The molecule has 4 aromatic rings. The third kappa shape index (κ3) is 4.35. The van der Waals surface area contributed by atoms with E-state index in [4.69, 9.17) is 33.0 Å². The minimum absolute atomic E-state index is 0.0897. The maximum atomic E-state index is 12.7. The fourth-order valence-corrected chi connectivity index (χ4v) is 3.44. The second kappa shape index (κ2) is 8.71. The molecule has 2 heterocycles. The van der Waals surface area contributed by atoms with Crippen molar-refractivity contribution in [2.45, 2.75) is 6.92 Å². The van der Waals surface area contributed by atoms with Crippen molar-refractivity contribution in [3.05, 3.63) is 70.9 Å². The second-order valence-corrected chi connectivity index (χ2v) is 7.42. The number of aryl methyl sites for hydroxylation is 1. The third-order valence-electron chi connectivity index (χ3n) is 4.51. The quantitative estimate of drug-likeness (QED) is 0.422. The number of hydrogen-bond donors (Lipinski definition) is 2. The van der Waals surface area contributed by atoms with Crippen LogP contribution in [0.15, 0.2) is 59.1 Å². The molecule has 2 N–H and O–H groups in total. The molecule has 0 fully saturated rings. The maximum absolute atomic E-state index is 12.7. The van der Waals surface area contributed by atoms with Crippen molar-refractivity contribution in [2.24, 2.45) is 0 Å². The van der Waals surface area contributed by atoms with E-state index in [-0.39, 0.29) is 5.11 Å². The van der Waals surface area contributed by atoms with Crippen LogP contribution in [-0.2, 0) is 0 Å². The standard InChI is InChI=1S/C22H17ClN4O3S/c1-12-5-3-6-14(18(12)29-2)20(28)27-22(31)25-16-11-13(8-9-15(16)23)21-26-19-17(30-21)7-4-10-24-19/h3-11H,1-2H3,(H2,25,27,28,31). The van der Waals surface area contributed by atoms with Gasteiger partial charge in [0.05, 0.1) is 23.4 Å². The molecule has 0 aliphatic rings. The molecule has 0 saturated heterocycles. The van der Waals surface area contributed by atoms with Gasteiger partial charge in [0.1, 0.15) is 5.75 Å². The fourth-order valence-electron chi connectivity index (χ4n) is 3.07. The van der Waals surface area contributed by atoms with Gasteiger partial charge in [0, 0.05) is 11.8 Å². The number of methoxy groups -OCH3 is 1. The number of nitrogens with one attached hydrogen (secondary N) is 2. The van der Waals surface area contributed by atoms with Crippen molar-refractivity contribution < 1.29 is 13.9 Å². The first-order valence-electron chi connectivity index (χ1n) is 9.23. The number of carbonyl (C=O) groups is 1. The first kappa shape index (κ1) is 20.8. The highest BCUT2D eigenvalue weighted by Gasteiger charge is 2.16. The van der Waals surface area contributed by atoms with E-state index < -0.39 is 5.91 Å². The SMILES string of the molecule is COc1c(C)cccc1C(=O)NC(=S)Nc1cc(-c2nc3ncccc3o2)ccc1Cl. The number of halogens is 1.